The van der Waals surface area contributed by atoms with Crippen molar-refractivity contribution in [3.05, 3.63) is 11.8 Å². The molecule has 3 N–H and O–H groups in total. The lowest BCUT2D eigenvalue weighted by molar-refractivity contribution is 0.0508. The molecule has 1 aliphatic rings. The predicted molar refractivity (Wildman–Crippen MR) is 74.7 cm³/mol. The summed E-state index contributed by atoms with van der Waals surface area (Å²) in [5.41, 5.74) is 6.24. The first-order chi connectivity index (χ1) is 8.77. The van der Waals surface area contributed by atoms with E-state index in [4.69, 9.17) is 15.2 Å². The molecule has 1 amide bonds. The van der Waals surface area contributed by atoms with Crippen molar-refractivity contribution in [1.29, 1.82) is 0 Å². The number of carbonyl (C=O) groups excluding carboxylic acids is 1. The standard InChI is InChI=1S/C14H26N2O3/c1-13(2,3)19-12(17)16-10-14(4,9-15)11-6-5-7-18-8-11/h8H,5-7,9-10,15H2,1-4H3,(H,16,17). The fourth-order valence-electron chi connectivity index (χ4n) is 1.91. The first kappa shape index (κ1) is 15.8. The largest absolute Gasteiger partial charge is 0.501 e. The topological polar surface area (TPSA) is 73.6 Å². The van der Waals surface area contributed by atoms with Crippen LogP contribution in [0.4, 0.5) is 4.79 Å². The van der Waals surface area contributed by atoms with Crippen LogP contribution in [0.3, 0.4) is 0 Å². The van der Waals surface area contributed by atoms with Crippen LogP contribution in [0.1, 0.15) is 40.5 Å². The highest BCUT2D eigenvalue weighted by Crippen LogP contribution is 2.31. The minimum atomic E-state index is -0.490. The van der Waals surface area contributed by atoms with E-state index in [0.29, 0.717) is 13.1 Å². The summed E-state index contributed by atoms with van der Waals surface area (Å²) < 4.78 is 10.6. The first-order valence-electron chi connectivity index (χ1n) is 6.75. The number of ether oxygens (including phenoxy) is 2. The average molecular weight is 270 g/mol. The van der Waals surface area contributed by atoms with E-state index >= 15 is 0 Å². The minimum Gasteiger partial charge on any atom is -0.501 e. The van der Waals surface area contributed by atoms with Crippen LogP contribution < -0.4 is 11.1 Å². The number of nitrogens with two attached hydrogens (primary N) is 1. The second-order valence-corrected chi connectivity index (χ2v) is 6.24. The predicted octanol–water partition coefficient (Wildman–Crippen LogP) is 2.17. The molecule has 1 heterocycles. The Balaban J connectivity index is 2.56. The molecule has 0 saturated carbocycles. The second-order valence-electron chi connectivity index (χ2n) is 6.24. The molecule has 0 saturated heterocycles. The number of rotatable bonds is 4. The molecular weight excluding hydrogens is 244 g/mol. The van der Waals surface area contributed by atoms with Gasteiger partial charge < -0.3 is 20.5 Å². The molecule has 0 radical (unpaired) electrons. The zero-order chi connectivity index (χ0) is 14.5. The Morgan fingerprint density at radius 1 is 1.47 bits per heavy atom. The van der Waals surface area contributed by atoms with E-state index in [1.165, 1.54) is 0 Å². The van der Waals surface area contributed by atoms with Gasteiger partial charge in [-0.1, -0.05) is 6.92 Å². The van der Waals surface area contributed by atoms with E-state index < -0.39 is 11.7 Å². The molecule has 1 unspecified atom stereocenters. The van der Waals surface area contributed by atoms with Gasteiger partial charge >= 0.3 is 6.09 Å². The lowest BCUT2D eigenvalue weighted by Gasteiger charge is -2.33. The van der Waals surface area contributed by atoms with E-state index in [2.05, 4.69) is 5.32 Å². The van der Waals surface area contributed by atoms with E-state index in [9.17, 15) is 4.79 Å². The Bertz CT molecular complexity index is 347. The molecule has 5 heteroatoms. The van der Waals surface area contributed by atoms with Crippen LogP contribution in [0.5, 0.6) is 0 Å². The molecule has 1 aliphatic heterocycles. The Morgan fingerprint density at radius 3 is 2.63 bits per heavy atom. The van der Waals surface area contributed by atoms with Gasteiger partial charge in [0.15, 0.2) is 0 Å². The van der Waals surface area contributed by atoms with Gasteiger partial charge in [-0.25, -0.2) is 4.79 Å². The van der Waals surface area contributed by atoms with Crippen molar-refractivity contribution in [3.63, 3.8) is 0 Å². The number of alkyl carbamates (subject to hydrolysis) is 1. The third-order valence-electron chi connectivity index (χ3n) is 3.18. The van der Waals surface area contributed by atoms with Gasteiger partial charge in [0.1, 0.15) is 5.60 Å². The molecule has 0 aromatic carbocycles. The van der Waals surface area contributed by atoms with Crippen molar-refractivity contribution in [2.45, 2.75) is 46.1 Å². The van der Waals surface area contributed by atoms with Crippen molar-refractivity contribution in [2.75, 3.05) is 19.7 Å². The molecule has 0 bridgehead atoms. The fourth-order valence-corrected chi connectivity index (χ4v) is 1.91. The number of hydrogen-bond donors (Lipinski definition) is 2. The molecule has 19 heavy (non-hydrogen) atoms. The van der Waals surface area contributed by atoms with E-state index in [0.717, 1.165) is 25.0 Å². The molecule has 1 atom stereocenters. The molecule has 0 spiro atoms. The smallest absolute Gasteiger partial charge is 0.407 e. The summed E-state index contributed by atoms with van der Waals surface area (Å²) in [5.74, 6) is 0. The minimum absolute atomic E-state index is 0.280. The number of nitrogens with one attached hydrogen (secondary N) is 1. The Hall–Kier alpha value is -1.23. The van der Waals surface area contributed by atoms with Crippen LogP contribution in [0.25, 0.3) is 0 Å². The van der Waals surface area contributed by atoms with Crippen LogP contribution >= 0.6 is 0 Å². The summed E-state index contributed by atoms with van der Waals surface area (Å²) in [6.07, 6.45) is 3.33. The van der Waals surface area contributed by atoms with Crippen LogP contribution in [-0.4, -0.2) is 31.4 Å². The summed E-state index contributed by atoms with van der Waals surface area (Å²) in [5, 5.41) is 2.79. The first-order valence-corrected chi connectivity index (χ1v) is 6.75. The second kappa shape index (κ2) is 6.28. The van der Waals surface area contributed by atoms with Crippen molar-refractivity contribution in [1.82, 2.24) is 5.32 Å². The molecule has 0 aromatic heterocycles. The molecule has 0 fully saturated rings. The Morgan fingerprint density at radius 2 is 2.16 bits per heavy atom. The maximum Gasteiger partial charge on any atom is 0.407 e. The molecule has 0 aliphatic carbocycles. The lowest BCUT2D eigenvalue weighted by atomic mass is 9.80. The molecule has 0 aromatic rings. The SMILES string of the molecule is CC(C)(C)OC(=O)NCC(C)(CN)C1=COCCC1. The maximum atomic E-state index is 11.7. The van der Waals surface area contributed by atoms with Gasteiger partial charge in [-0.2, -0.15) is 0 Å². The van der Waals surface area contributed by atoms with Gasteiger partial charge in [-0.15, -0.1) is 0 Å². The van der Waals surface area contributed by atoms with Crippen molar-refractivity contribution in [2.24, 2.45) is 11.1 Å². The highest BCUT2D eigenvalue weighted by Gasteiger charge is 2.30. The van der Waals surface area contributed by atoms with Gasteiger partial charge in [0.05, 0.1) is 12.9 Å². The summed E-state index contributed by atoms with van der Waals surface area (Å²) in [6, 6.07) is 0. The van der Waals surface area contributed by atoms with Gasteiger partial charge in [0.25, 0.3) is 0 Å². The fraction of sp³-hybridized carbons (Fsp3) is 0.786. The van der Waals surface area contributed by atoms with Crippen LogP contribution in [0, 0.1) is 5.41 Å². The number of carbonyl (C=O) groups is 1. The lowest BCUT2D eigenvalue weighted by Crippen LogP contribution is -2.44. The zero-order valence-electron chi connectivity index (χ0n) is 12.4. The monoisotopic (exact) mass is 270 g/mol. The van der Waals surface area contributed by atoms with E-state index in [-0.39, 0.29) is 5.41 Å². The summed E-state index contributed by atoms with van der Waals surface area (Å²) >= 11 is 0. The summed E-state index contributed by atoms with van der Waals surface area (Å²) in [7, 11) is 0. The van der Waals surface area contributed by atoms with Gasteiger partial charge in [0.2, 0.25) is 0 Å². The van der Waals surface area contributed by atoms with Crippen LogP contribution in [0.2, 0.25) is 0 Å². The molecule has 1 rings (SSSR count). The number of hydrogen-bond acceptors (Lipinski definition) is 4. The highest BCUT2D eigenvalue weighted by atomic mass is 16.6. The zero-order valence-corrected chi connectivity index (χ0v) is 12.4. The normalized spacial score (nSPS) is 18.9. The third kappa shape index (κ3) is 5.11. The Labute approximate surface area is 115 Å². The maximum absolute atomic E-state index is 11.7. The van der Waals surface area contributed by atoms with Crippen molar-refractivity contribution >= 4 is 6.09 Å². The molecule has 110 valence electrons. The molecular formula is C14H26N2O3. The quantitative estimate of drug-likeness (QED) is 0.821. The number of amides is 1. The van der Waals surface area contributed by atoms with Crippen LogP contribution in [0.15, 0.2) is 11.8 Å². The van der Waals surface area contributed by atoms with Crippen LogP contribution in [-0.2, 0) is 9.47 Å². The Kier molecular flexibility index (Phi) is 5.23. The van der Waals surface area contributed by atoms with E-state index in [1.807, 2.05) is 27.7 Å². The van der Waals surface area contributed by atoms with Crippen molar-refractivity contribution in [3.8, 4) is 0 Å². The van der Waals surface area contributed by atoms with Crippen molar-refractivity contribution < 1.29 is 14.3 Å². The van der Waals surface area contributed by atoms with Gasteiger partial charge in [0, 0.05) is 18.5 Å². The average Bonchev–Trinajstić information content (AvgIpc) is 2.35. The molecule has 5 nitrogen and oxygen atoms in total. The summed E-state index contributed by atoms with van der Waals surface area (Å²) in [6.45, 7) is 9.21. The summed E-state index contributed by atoms with van der Waals surface area (Å²) in [4.78, 5) is 11.7. The van der Waals surface area contributed by atoms with Gasteiger partial charge in [-0.3, -0.25) is 0 Å². The van der Waals surface area contributed by atoms with Gasteiger partial charge in [-0.05, 0) is 39.2 Å². The van der Waals surface area contributed by atoms with E-state index in [1.54, 1.807) is 6.26 Å². The highest BCUT2D eigenvalue weighted by molar-refractivity contribution is 5.67. The third-order valence-corrected chi connectivity index (χ3v) is 3.18.